The van der Waals surface area contributed by atoms with Gasteiger partial charge in [0, 0.05) is 13.2 Å². The summed E-state index contributed by atoms with van der Waals surface area (Å²) in [6, 6.07) is 0. The molecule has 0 aromatic heterocycles. The number of aliphatic hydroxyl groups is 2. The molecule has 0 aromatic carbocycles. The zero-order chi connectivity index (χ0) is 8.54. The molecule has 1 rings (SSSR count). The largest absolute Gasteiger partial charge is 0.396 e. The first-order valence-electron chi connectivity index (χ1n) is 4.25. The van der Waals surface area contributed by atoms with Gasteiger partial charge in [-0.25, -0.2) is 0 Å². The molecule has 66 valence electrons. The van der Waals surface area contributed by atoms with Crippen LogP contribution in [0.3, 0.4) is 0 Å². The highest BCUT2D eigenvalue weighted by Gasteiger charge is 2.45. The van der Waals surface area contributed by atoms with Crippen LogP contribution < -0.4 is 0 Å². The highest BCUT2D eigenvalue weighted by Crippen LogP contribution is 2.52. The topological polar surface area (TPSA) is 40.5 Å². The van der Waals surface area contributed by atoms with Gasteiger partial charge in [0.15, 0.2) is 0 Å². The first-order chi connectivity index (χ1) is 5.04. The van der Waals surface area contributed by atoms with Crippen molar-refractivity contribution in [3.63, 3.8) is 0 Å². The zero-order valence-electron chi connectivity index (χ0n) is 7.43. The van der Waals surface area contributed by atoms with Crippen LogP contribution in [0.5, 0.6) is 0 Å². The smallest absolute Gasteiger partial charge is 0.0487 e. The van der Waals surface area contributed by atoms with E-state index in [2.05, 4.69) is 0 Å². The second-order valence-corrected chi connectivity index (χ2v) is 4.66. The van der Waals surface area contributed by atoms with Crippen molar-refractivity contribution in [1.29, 1.82) is 0 Å². The molecule has 0 bridgehead atoms. The molecule has 1 fully saturated rings. The molecule has 1 aliphatic rings. The monoisotopic (exact) mass is 158 g/mol. The Morgan fingerprint density at radius 2 is 1.82 bits per heavy atom. The normalized spacial score (nSPS) is 21.8. The molecule has 0 spiro atoms. The Hall–Kier alpha value is -0.0800. The van der Waals surface area contributed by atoms with Crippen LogP contribution in [0, 0.1) is 10.8 Å². The first-order valence-corrected chi connectivity index (χ1v) is 4.25. The van der Waals surface area contributed by atoms with Gasteiger partial charge in [0.2, 0.25) is 0 Å². The summed E-state index contributed by atoms with van der Waals surface area (Å²) < 4.78 is 0. The Labute approximate surface area is 68.2 Å². The minimum Gasteiger partial charge on any atom is -0.396 e. The maximum atomic E-state index is 9.03. The third kappa shape index (κ3) is 2.17. The third-order valence-corrected chi connectivity index (χ3v) is 2.57. The van der Waals surface area contributed by atoms with Gasteiger partial charge in [0.1, 0.15) is 0 Å². The van der Waals surface area contributed by atoms with Crippen molar-refractivity contribution in [2.75, 3.05) is 13.2 Å². The lowest BCUT2D eigenvalue weighted by molar-refractivity contribution is 0.0969. The molecule has 0 heterocycles. The second-order valence-electron chi connectivity index (χ2n) is 4.66. The summed E-state index contributed by atoms with van der Waals surface area (Å²) in [4.78, 5) is 0. The molecule has 0 unspecified atom stereocenters. The number of aliphatic hydroxyl groups excluding tert-OH is 2. The number of rotatable bonds is 4. The van der Waals surface area contributed by atoms with Crippen molar-refractivity contribution in [3.05, 3.63) is 0 Å². The van der Waals surface area contributed by atoms with E-state index >= 15 is 0 Å². The lowest BCUT2D eigenvalue weighted by Crippen LogP contribution is -2.23. The fraction of sp³-hybridized carbons (Fsp3) is 1.00. The molecule has 0 aromatic rings. The van der Waals surface area contributed by atoms with Crippen LogP contribution in [0.1, 0.15) is 33.1 Å². The maximum absolute atomic E-state index is 9.03. The summed E-state index contributed by atoms with van der Waals surface area (Å²) in [7, 11) is 0. The molecule has 1 saturated carbocycles. The zero-order valence-corrected chi connectivity index (χ0v) is 7.43. The van der Waals surface area contributed by atoms with E-state index in [1.165, 1.54) is 0 Å². The van der Waals surface area contributed by atoms with E-state index in [0.29, 0.717) is 0 Å². The van der Waals surface area contributed by atoms with Gasteiger partial charge in [0.05, 0.1) is 0 Å². The van der Waals surface area contributed by atoms with Gasteiger partial charge >= 0.3 is 0 Å². The Balaban J connectivity index is 2.41. The van der Waals surface area contributed by atoms with Crippen molar-refractivity contribution in [2.45, 2.75) is 33.1 Å². The van der Waals surface area contributed by atoms with Crippen LogP contribution in [0.15, 0.2) is 0 Å². The molecule has 11 heavy (non-hydrogen) atoms. The Morgan fingerprint density at radius 1 is 1.27 bits per heavy atom. The molecule has 0 amide bonds. The quantitative estimate of drug-likeness (QED) is 0.644. The fourth-order valence-electron chi connectivity index (χ4n) is 1.64. The molecular weight excluding hydrogens is 140 g/mol. The van der Waals surface area contributed by atoms with Crippen LogP contribution in [-0.4, -0.2) is 23.4 Å². The van der Waals surface area contributed by atoms with Gasteiger partial charge in [-0.05, 0) is 30.1 Å². The average Bonchev–Trinajstić information content (AvgIpc) is 2.69. The minimum absolute atomic E-state index is 0.0147. The van der Waals surface area contributed by atoms with E-state index in [-0.39, 0.29) is 24.0 Å². The molecular formula is C9H18O2. The highest BCUT2D eigenvalue weighted by molar-refractivity contribution is 4.95. The van der Waals surface area contributed by atoms with Gasteiger partial charge in [-0.3, -0.25) is 0 Å². The highest BCUT2D eigenvalue weighted by atomic mass is 16.3. The van der Waals surface area contributed by atoms with Gasteiger partial charge < -0.3 is 10.2 Å². The lowest BCUT2D eigenvalue weighted by Gasteiger charge is -2.26. The minimum atomic E-state index is -0.0147. The van der Waals surface area contributed by atoms with Crippen molar-refractivity contribution < 1.29 is 10.2 Å². The SMILES string of the molecule is CC(C)(CO)CC1(CO)CC1. The molecule has 2 nitrogen and oxygen atoms in total. The van der Waals surface area contributed by atoms with Crippen LogP contribution in [0.25, 0.3) is 0 Å². The standard InChI is InChI=1S/C9H18O2/c1-8(2,6-10)5-9(7-11)3-4-9/h10-11H,3-7H2,1-2H3. The maximum Gasteiger partial charge on any atom is 0.0487 e. The van der Waals surface area contributed by atoms with Crippen LogP contribution in [-0.2, 0) is 0 Å². The average molecular weight is 158 g/mol. The van der Waals surface area contributed by atoms with Gasteiger partial charge in [0.25, 0.3) is 0 Å². The van der Waals surface area contributed by atoms with E-state index < -0.39 is 0 Å². The molecule has 1 aliphatic carbocycles. The molecule has 0 radical (unpaired) electrons. The summed E-state index contributed by atoms with van der Waals surface area (Å²) in [5.74, 6) is 0. The van der Waals surface area contributed by atoms with Crippen molar-refractivity contribution >= 4 is 0 Å². The molecule has 0 aliphatic heterocycles. The first kappa shape index (κ1) is 9.01. The summed E-state index contributed by atoms with van der Waals surface area (Å²) in [6.07, 6.45) is 3.22. The van der Waals surface area contributed by atoms with Gasteiger partial charge in [-0.15, -0.1) is 0 Å². The Kier molecular flexibility index (Phi) is 2.26. The fourth-order valence-corrected chi connectivity index (χ4v) is 1.64. The van der Waals surface area contributed by atoms with Crippen molar-refractivity contribution in [3.8, 4) is 0 Å². The molecule has 2 heteroatoms. The predicted molar refractivity (Wildman–Crippen MR) is 44.2 cm³/mol. The third-order valence-electron chi connectivity index (χ3n) is 2.57. The molecule has 2 N–H and O–H groups in total. The van der Waals surface area contributed by atoms with Gasteiger partial charge in [-0.2, -0.15) is 0 Å². The number of hydrogen-bond acceptors (Lipinski definition) is 2. The predicted octanol–water partition coefficient (Wildman–Crippen LogP) is 1.17. The number of hydrogen-bond donors (Lipinski definition) is 2. The van der Waals surface area contributed by atoms with E-state index in [1.807, 2.05) is 13.8 Å². The lowest BCUT2D eigenvalue weighted by atomic mass is 9.82. The summed E-state index contributed by atoms with van der Waals surface area (Å²) in [5, 5.41) is 18.0. The second kappa shape index (κ2) is 2.76. The van der Waals surface area contributed by atoms with E-state index in [0.717, 1.165) is 19.3 Å². The van der Waals surface area contributed by atoms with E-state index in [9.17, 15) is 0 Å². The van der Waals surface area contributed by atoms with E-state index in [1.54, 1.807) is 0 Å². The summed E-state index contributed by atoms with van der Waals surface area (Å²) in [6.45, 7) is 4.59. The molecule has 0 saturated heterocycles. The molecule has 0 atom stereocenters. The Morgan fingerprint density at radius 3 is 2.09 bits per heavy atom. The van der Waals surface area contributed by atoms with Gasteiger partial charge in [-0.1, -0.05) is 13.8 Å². The van der Waals surface area contributed by atoms with Crippen LogP contribution >= 0.6 is 0 Å². The summed E-state index contributed by atoms with van der Waals surface area (Å²) in [5.41, 5.74) is 0.158. The van der Waals surface area contributed by atoms with E-state index in [4.69, 9.17) is 10.2 Å². The Bertz CT molecular complexity index is 132. The summed E-state index contributed by atoms with van der Waals surface area (Å²) >= 11 is 0. The van der Waals surface area contributed by atoms with Crippen molar-refractivity contribution in [1.82, 2.24) is 0 Å². The van der Waals surface area contributed by atoms with Crippen LogP contribution in [0.4, 0.5) is 0 Å². The van der Waals surface area contributed by atoms with Crippen molar-refractivity contribution in [2.24, 2.45) is 10.8 Å². The van der Waals surface area contributed by atoms with Crippen LogP contribution in [0.2, 0.25) is 0 Å².